The largest absolute Gasteiger partial charge is 0.304 e. The minimum atomic E-state index is 0.718. The van der Waals surface area contributed by atoms with Gasteiger partial charge in [0.15, 0.2) is 0 Å². The van der Waals surface area contributed by atoms with Crippen molar-refractivity contribution in [2.45, 2.75) is 19.4 Å². The number of hydrogen-bond acceptors (Lipinski definition) is 2. The third-order valence-corrected chi connectivity index (χ3v) is 2.87. The van der Waals surface area contributed by atoms with Crippen LogP contribution in [-0.4, -0.2) is 30.7 Å². The molecule has 1 aliphatic carbocycles. The highest BCUT2D eigenvalue weighted by atomic mass is 15.3. The van der Waals surface area contributed by atoms with Gasteiger partial charge in [-0.15, -0.1) is 0 Å². The summed E-state index contributed by atoms with van der Waals surface area (Å²) < 4.78 is 0. The van der Waals surface area contributed by atoms with Gasteiger partial charge in [0.05, 0.1) is 0 Å². The second kappa shape index (κ2) is 2.61. The first-order valence-electron chi connectivity index (χ1n) is 4.48. The molecular weight excluding hydrogens is 136 g/mol. The van der Waals surface area contributed by atoms with Gasteiger partial charge in [0.25, 0.3) is 0 Å². The first kappa shape index (κ1) is 7.32. The predicted molar refractivity (Wildman–Crippen MR) is 46.3 cm³/mol. The molecule has 2 nitrogen and oxygen atoms in total. The molecule has 0 amide bonds. The smallest absolute Gasteiger partial charge is 0.0486 e. The van der Waals surface area contributed by atoms with Gasteiger partial charge >= 0.3 is 0 Å². The van der Waals surface area contributed by atoms with E-state index in [1.807, 2.05) is 0 Å². The lowest BCUT2D eigenvalue weighted by molar-refractivity contribution is 0.269. The van der Waals surface area contributed by atoms with Crippen LogP contribution in [0.3, 0.4) is 0 Å². The Balaban J connectivity index is 2.04. The lowest BCUT2D eigenvalue weighted by atomic mass is 10.3. The van der Waals surface area contributed by atoms with E-state index in [2.05, 4.69) is 23.7 Å². The molecule has 0 bridgehead atoms. The van der Waals surface area contributed by atoms with Crippen molar-refractivity contribution in [1.82, 2.24) is 10.2 Å². The molecule has 0 aromatic heterocycles. The topological polar surface area (TPSA) is 15.3 Å². The average Bonchev–Trinajstić information content (AvgIpc) is 2.68. The van der Waals surface area contributed by atoms with Crippen LogP contribution in [0.15, 0.2) is 12.2 Å². The minimum Gasteiger partial charge on any atom is -0.304 e. The average molecular weight is 152 g/mol. The first-order valence-corrected chi connectivity index (χ1v) is 4.48. The van der Waals surface area contributed by atoms with Crippen molar-refractivity contribution in [1.29, 1.82) is 0 Å². The van der Waals surface area contributed by atoms with Gasteiger partial charge in [-0.3, -0.25) is 4.90 Å². The van der Waals surface area contributed by atoms with Crippen LogP contribution in [-0.2, 0) is 0 Å². The fraction of sp³-hybridized carbons (Fsp3) is 0.778. The molecule has 2 fully saturated rings. The van der Waals surface area contributed by atoms with E-state index in [9.17, 15) is 0 Å². The molecule has 1 aliphatic heterocycles. The molecule has 0 aromatic rings. The Hall–Kier alpha value is -0.340. The molecule has 2 aliphatic rings. The highest BCUT2D eigenvalue weighted by molar-refractivity contribution is 5.32. The van der Waals surface area contributed by atoms with Gasteiger partial charge in [-0.2, -0.15) is 0 Å². The van der Waals surface area contributed by atoms with Gasteiger partial charge in [-0.1, -0.05) is 19.1 Å². The van der Waals surface area contributed by atoms with E-state index in [1.165, 1.54) is 12.0 Å². The summed E-state index contributed by atoms with van der Waals surface area (Å²) in [5.74, 6) is 0.810. The zero-order valence-electron chi connectivity index (χ0n) is 7.14. The Labute approximate surface area is 68.3 Å². The maximum absolute atomic E-state index is 4.08. The van der Waals surface area contributed by atoms with Gasteiger partial charge in [0.2, 0.25) is 0 Å². The van der Waals surface area contributed by atoms with Crippen LogP contribution >= 0.6 is 0 Å². The molecule has 2 rings (SSSR count). The molecule has 0 aromatic carbocycles. The van der Waals surface area contributed by atoms with E-state index >= 15 is 0 Å². The molecule has 11 heavy (non-hydrogen) atoms. The molecule has 0 radical (unpaired) electrons. The zero-order valence-corrected chi connectivity index (χ0v) is 7.14. The lowest BCUT2D eigenvalue weighted by Crippen LogP contribution is -2.34. The van der Waals surface area contributed by atoms with E-state index in [-0.39, 0.29) is 0 Å². The summed E-state index contributed by atoms with van der Waals surface area (Å²) >= 11 is 0. The monoisotopic (exact) mass is 152 g/mol. The molecular formula is C9H16N2. The van der Waals surface area contributed by atoms with Gasteiger partial charge in [0, 0.05) is 18.6 Å². The number of nitrogens with one attached hydrogen (secondary N) is 1. The van der Waals surface area contributed by atoms with Crippen molar-refractivity contribution in [2.75, 3.05) is 19.8 Å². The minimum absolute atomic E-state index is 0.718. The fourth-order valence-corrected chi connectivity index (χ4v) is 2.08. The number of likely N-dealkylation sites (N-methyl/N-ethyl adjacent to an activating group) is 1. The normalized spacial score (nSPS) is 38.1. The molecule has 1 N–H and O–H groups in total. The number of fused-ring (bicyclic) bond motifs is 1. The number of hydrogen-bond donors (Lipinski definition) is 1. The van der Waals surface area contributed by atoms with Crippen LogP contribution in [0.2, 0.25) is 0 Å². The Kier molecular flexibility index (Phi) is 1.74. The standard InChI is InChI=1S/C9H16N2/c1-3-11-6-10-5-4-8-7(2)9(8)11/h8-10H,2-6H2,1H3. The van der Waals surface area contributed by atoms with Gasteiger partial charge in [-0.05, 0) is 19.5 Å². The predicted octanol–water partition coefficient (Wildman–Crippen LogP) is 0.814. The second-order valence-electron chi connectivity index (χ2n) is 3.48. The van der Waals surface area contributed by atoms with Crippen molar-refractivity contribution in [3.05, 3.63) is 12.2 Å². The van der Waals surface area contributed by atoms with E-state index in [4.69, 9.17) is 0 Å². The van der Waals surface area contributed by atoms with Gasteiger partial charge < -0.3 is 5.32 Å². The molecule has 62 valence electrons. The quantitative estimate of drug-likeness (QED) is 0.559. The van der Waals surface area contributed by atoms with Crippen LogP contribution in [0.1, 0.15) is 13.3 Å². The van der Waals surface area contributed by atoms with Gasteiger partial charge in [0.1, 0.15) is 0 Å². The lowest BCUT2D eigenvalue weighted by Gasteiger charge is -2.18. The van der Waals surface area contributed by atoms with E-state index in [0.29, 0.717) is 0 Å². The third kappa shape index (κ3) is 1.10. The van der Waals surface area contributed by atoms with Gasteiger partial charge in [-0.25, -0.2) is 0 Å². The zero-order chi connectivity index (χ0) is 7.84. The molecule has 2 heteroatoms. The summed E-state index contributed by atoms with van der Waals surface area (Å²) in [6.07, 6.45) is 1.29. The van der Waals surface area contributed by atoms with Crippen molar-refractivity contribution in [2.24, 2.45) is 5.92 Å². The third-order valence-electron chi connectivity index (χ3n) is 2.87. The van der Waals surface area contributed by atoms with E-state index < -0.39 is 0 Å². The van der Waals surface area contributed by atoms with E-state index in [0.717, 1.165) is 31.7 Å². The Morgan fingerprint density at radius 3 is 3.27 bits per heavy atom. The highest BCUT2D eigenvalue weighted by Gasteiger charge is 2.46. The number of nitrogens with zero attached hydrogens (tertiary/aromatic N) is 1. The summed E-state index contributed by atoms with van der Waals surface area (Å²) in [4.78, 5) is 2.47. The maximum Gasteiger partial charge on any atom is 0.0486 e. The first-order chi connectivity index (χ1) is 5.34. The second-order valence-corrected chi connectivity index (χ2v) is 3.48. The van der Waals surface area contributed by atoms with E-state index in [1.54, 1.807) is 0 Å². The fourth-order valence-electron chi connectivity index (χ4n) is 2.08. The summed E-state index contributed by atoms with van der Waals surface area (Å²) in [5.41, 5.74) is 1.47. The summed E-state index contributed by atoms with van der Waals surface area (Å²) in [6, 6.07) is 0.718. The molecule has 1 saturated carbocycles. The van der Waals surface area contributed by atoms with Crippen LogP contribution < -0.4 is 5.32 Å². The summed E-state index contributed by atoms with van der Waals surface area (Å²) in [6.45, 7) is 9.66. The van der Waals surface area contributed by atoms with Crippen molar-refractivity contribution >= 4 is 0 Å². The van der Waals surface area contributed by atoms with Crippen molar-refractivity contribution in [3.8, 4) is 0 Å². The Morgan fingerprint density at radius 1 is 1.73 bits per heavy atom. The summed E-state index contributed by atoms with van der Waals surface area (Å²) in [7, 11) is 0. The SMILES string of the molecule is C=C1C2CCNCN(CC)C12. The van der Waals surface area contributed by atoms with Crippen LogP contribution in [0.4, 0.5) is 0 Å². The Bertz CT molecular complexity index is 176. The maximum atomic E-state index is 4.08. The molecule has 1 saturated heterocycles. The highest BCUT2D eigenvalue weighted by Crippen LogP contribution is 2.44. The molecule has 0 spiro atoms. The summed E-state index contributed by atoms with van der Waals surface area (Å²) in [5, 5.41) is 3.41. The molecule has 1 heterocycles. The molecule has 2 unspecified atom stereocenters. The van der Waals surface area contributed by atoms with Crippen molar-refractivity contribution in [3.63, 3.8) is 0 Å². The Morgan fingerprint density at radius 2 is 2.55 bits per heavy atom. The number of rotatable bonds is 1. The van der Waals surface area contributed by atoms with Crippen LogP contribution in [0.5, 0.6) is 0 Å². The molecule has 2 atom stereocenters. The van der Waals surface area contributed by atoms with Crippen LogP contribution in [0.25, 0.3) is 0 Å². The van der Waals surface area contributed by atoms with Crippen LogP contribution in [0, 0.1) is 5.92 Å². The van der Waals surface area contributed by atoms with Crippen molar-refractivity contribution < 1.29 is 0 Å².